The summed E-state index contributed by atoms with van der Waals surface area (Å²) in [5.41, 5.74) is 1.23. The molecule has 1 unspecified atom stereocenters. The third-order valence-corrected chi connectivity index (χ3v) is 3.07. The van der Waals surface area contributed by atoms with Gasteiger partial charge >= 0.3 is 5.97 Å². The van der Waals surface area contributed by atoms with Gasteiger partial charge in [-0.05, 0) is 30.7 Å². The number of aliphatic carboxylic acids is 1. The van der Waals surface area contributed by atoms with E-state index < -0.39 is 12.0 Å². The van der Waals surface area contributed by atoms with Crippen molar-refractivity contribution in [3.05, 3.63) is 47.0 Å². The van der Waals surface area contributed by atoms with E-state index >= 15 is 0 Å². The number of nitrogens with one attached hydrogen (secondary N) is 1. The minimum atomic E-state index is -1.03. The maximum Gasteiger partial charge on any atom is 0.305 e. The Hall–Kier alpha value is -1.65. The lowest BCUT2D eigenvalue weighted by Gasteiger charge is -2.15. The van der Waals surface area contributed by atoms with Crippen molar-refractivity contribution in [2.24, 2.45) is 0 Å². The van der Waals surface area contributed by atoms with Crippen LogP contribution in [0.4, 0.5) is 0 Å². The van der Waals surface area contributed by atoms with E-state index in [-0.39, 0.29) is 12.2 Å². The number of carboxylic acid groups (broad SMARTS) is 1. The molecule has 0 aliphatic rings. The first-order chi connectivity index (χ1) is 8.95. The summed E-state index contributed by atoms with van der Waals surface area (Å²) in [7, 11) is 0. The number of halogens is 1. The molecule has 0 aliphatic heterocycles. The molecule has 0 amide bonds. The Morgan fingerprint density at radius 1 is 1.53 bits per heavy atom. The van der Waals surface area contributed by atoms with Crippen molar-refractivity contribution >= 4 is 23.4 Å². The Balaban J connectivity index is 2.93. The van der Waals surface area contributed by atoms with Gasteiger partial charge in [0.25, 0.3) is 0 Å². The van der Waals surface area contributed by atoms with Crippen molar-refractivity contribution in [1.82, 2.24) is 5.32 Å². The van der Waals surface area contributed by atoms with Gasteiger partial charge in [0.05, 0.1) is 12.5 Å². The van der Waals surface area contributed by atoms with E-state index in [9.17, 15) is 9.59 Å². The molecule has 1 aromatic carbocycles. The minimum Gasteiger partial charge on any atom is -0.481 e. The number of carbonyl (C=O) groups excluding carboxylic acids is 1. The van der Waals surface area contributed by atoms with Gasteiger partial charge in [-0.25, -0.2) is 0 Å². The molecule has 0 spiro atoms. The van der Waals surface area contributed by atoms with Crippen LogP contribution in [0.5, 0.6) is 0 Å². The van der Waals surface area contributed by atoms with E-state index in [1.165, 1.54) is 0 Å². The topological polar surface area (TPSA) is 66.4 Å². The van der Waals surface area contributed by atoms with Gasteiger partial charge in [0.15, 0.2) is 5.78 Å². The molecular weight excluding hydrogens is 266 g/mol. The number of hydrogen-bond donors (Lipinski definition) is 2. The van der Waals surface area contributed by atoms with Gasteiger partial charge in [0, 0.05) is 17.1 Å². The summed E-state index contributed by atoms with van der Waals surface area (Å²) >= 11 is 5.90. The van der Waals surface area contributed by atoms with E-state index in [0.29, 0.717) is 17.1 Å². The molecule has 2 N–H and O–H groups in total. The second kappa shape index (κ2) is 7.07. The summed E-state index contributed by atoms with van der Waals surface area (Å²) in [6.45, 7) is 5.70. The van der Waals surface area contributed by atoms with Crippen LogP contribution < -0.4 is 5.32 Å². The number of rotatable bonds is 7. The van der Waals surface area contributed by atoms with E-state index in [1.807, 2.05) is 0 Å². The molecule has 19 heavy (non-hydrogen) atoms. The van der Waals surface area contributed by atoms with Crippen LogP contribution in [0.3, 0.4) is 0 Å². The molecule has 1 aromatic rings. The Morgan fingerprint density at radius 2 is 2.21 bits per heavy atom. The molecule has 0 radical (unpaired) electrons. The molecule has 0 fully saturated rings. The Kier molecular flexibility index (Phi) is 5.73. The zero-order chi connectivity index (χ0) is 14.4. The lowest BCUT2D eigenvalue weighted by Crippen LogP contribution is -2.38. The van der Waals surface area contributed by atoms with Crippen molar-refractivity contribution in [1.29, 1.82) is 0 Å². The number of carbonyl (C=O) groups is 2. The van der Waals surface area contributed by atoms with Crippen LogP contribution in [-0.4, -0.2) is 29.4 Å². The van der Waals surface area contributed by atoms with E-state index in [2.05, 4.69) is 11.9 Å². The van der Waals surface area contributed by atoms with E-state index in [0.717, 1.165) is 5.56 Å². The minimum absolute atomic E-state index is 0.260. The van der Waals surface area contributed by atoms with Crippen LogP contribution in [-0.2, 0) is 4.79 Å². The molecule has 1 atom stereocenters. The largest absolute Gasteiger partial charge is 0.481 e. The molecule has 0 heterocycles. The van der Waals surface area contributed by atoms with Crippen molar-refractivity contribution in [2.45, 2.75) is 19.4 Å². The fourth-order valence-electron chi connectivity index (χ4n) is 1.66. The molecule has 0 aromatic heterocycles. The van der Waals surface area contributed by atoms with Crippen molar-refractivity contribution in [3.8, 4) is 0 Å². The fraction of sp³-hybridized carbons (Fsp3) is 0.286. The van der Waals surface area contributed by atoms with Gasteiger partial charge in [-0.3, -0.25) is 9.59 Å². The van der Waals surface area contributed by atoms with Crippen LogP contribution in [0.2, 0.25) is 5.02 Å². The van der Waals surface area contributed by atoms with E-state index in [1.54, 1.807) is 31.2 Å². The smallest absolute Gasteiger partial charge is 0.305 e. The Bertz CT molecular complexity index is 499. The van der Waals surface area contributed by atoms with Gasteiger partial charge in [-0.2, -0.15) is 0 Å². The highest BCUT2D eigenvalue weighted by Crippen LogP contribution is 2.17. The van der Waals surface area contributed by atoms with Crippen LogP contribution in [0.25, 0.3) is 0 Å². The van der Waals surface area contributed by atoms with Crippen LogP contribution in [0.1, 0.15) is 22.3 Å². The lowest BCUT2D eigenvalue weighted by atomic mass is 10.00. The molecule has 0 saturated heterocycles. The molecule has 5 heteroatoms. The zero-order valence-electron chi connectivity index (χ0n) is 10.6. The van der Waals surface area contributed by atoms with Crippen molar-refractivity contribution in [2.75, 3.05) is 6.54 Å². The lowest BCUT2D eigenvalue weighted by molar-refractivity contribution is -0.137. The number of carboxylic acids is 1. The first kappa shape index (κ1) is 15.4. The highest BCUT2D eigenvalue weighted by molar-refractivity contribution is 6.31. The van der Waals surface area contributed by atoms with Crippen LogP contribution >= 0.6 is 11.6 Å². The van der Waals surface area contributed by atoms with Gasteiger partial charge in [0.2, 0.25) is 0 Å². The first-order valence-electron chi connectivity index (χ1n) is 5.82. The monoisotopic (exact) mass is 281 g/mol. The predicted octanol–water partition coefficient (Wildman–Crippen LogP) is 2.45. The quantitative estimate of drug-likeness (QED) is 0.595. The Labute approximate surface area is 117 Å². The van der Waals surface area contributed by atoms with Crippen LogP contribution in [0.15, 0.2) is 30.9 Å². The number of Topliss-reactive ketones (excluding diaryl/α,β-unsaturated/α-hetero) is 1. The zero-order valence-corrected chi connectivity index (χ0v) is 11.4. The average Bonchev–Trinajstić information content (AvgIpc) is 2.36. The van der Waals surface area contributed by atoms with Gasteiger partial charge in [0.1, 0.15) is 0 Å². The highest BCUT2D eigenvalue weighted by Gasteiger charge is 2.22. The summed E-state index contributed by atoms with van der Waals surface area (Å²) in [6.07, 6.45) is 1.31. The van der Waals surface area contributed by atoms with Crippen molar-refractivity contribution in [3.63, 3.8) is 0 Å². The SMILES string of the molecule is C=CCNC(CC(=O)O)C(=O)c1ccc(Cl)c(C)c1. The molecule has 102 valence electrons. The first-order valence-corrected chi connectivity index (χ1v) is 6.20. The molecule has 4 nitrogen and oxygen atoms in total. The number of hydrogen-bond acceptors (Lipinski definition) is 3. The number of ketones is 1. The Morgan fingerprint density at radius 3 is 2.74 bits per heavy atom. The number of benzene rings is 1. The van der Waals surface area contributed by atoms with Gasteiger partial charge in [-0.1, -0.05) is 17.7 Å². The maximum absolute atomic E-state index is 12.2. The predicted molar refractivity (Wildman–Crippen MR) is 74.8 cm³/mol. The van der Waals surface area contributed by atoms with Gasteiger partial charge in [-0.15, -0.1) is 6.58 Å². The molecule has 0 aliphatic carbocycles. The molecule has 0 saturated carbocycles. The average molecular weight is 282 g/mol. The van der Waals surface area contributed by atoms with Crippen molar-refractivity contribution < 1.29 is 14.7 Å². The summed E-state index contributed by atoms with van der Waals surface area (Å²) in [6, 6.07) is 4.13. The number of aryl methyl sites for hydroxylation is 1. The molecule has 1 rings (SSSR count). The summed E-state index contributed by atoms with van der Waals surface area (Å²) in [4.78, 5) is 23.0. The second-order valence-corrected chi connectivity index (χ2v) is 4.58. The van der Waals surface area contributed by atoms with Crippen LogP contribution in [0, 0.1) is 6.92 Å². The molecule has 0 bridgehead atoms. The summed E-state index contributed by atoms with van der Waals surface area (Å²) in [5, 5.41) is 12.3. The summed E-state index contributed by atoms with van der Waals surface area (Å²) < 4.78 is 0. The van der Waals surface area contributed by atoms with E-state index in [4.69, 9.17) is 16.7 Å². The van der Waals surface area contributed by atoms with Gasteiger partial charge < -0.3 is 10.4 Å². The second-order valence-electron chi connectivity index (χ2n) is 4.18. The third kappa shape index (κ3) is 4.50. The molecular formula is C14H16ClNO3. The highest BCUT2D eigenvalue weighted by atomic mass is 35.5. The normalized spacial score (nSPS) is 11.9. The maximum atomic E-state index is 12.2. The summed E-state index contributed by atoms with van der Waals surface area (Å²) in [5.74, 6) is -1.29. The fourth-order valence-corrected chi connectivity index (χ4v) is 1.77. The third-order valence-electron chi connectivity index (χ3n) is 2.65. The standard InChI is InChI=1S/C14H16ClNO3/c1-3-6-16-12(8-13(17)18)14(19)10-4-5-11(15)9(2)7-10/h3-5,7,12,16H,1,6,8H2,2H3,(H,17,18).